The van der Waals surface area contributed by atoms with Gasteiger partial charge in [0, 0.05) is 24.9 Å². The fourth-order valence-corrected chi connectivity index (χ4v) is 2.96. The van der Waals surface area contributed by atoms with E-state index in [1.807, 2.05) is 44.3 Å². The van der Waals surface area contributed by atoms with Gasteiger partial charge in [-0.3, -0.25) is 0 Å². The number of carbonyl (C=O) groups is 2. The first kappa shape index (κ1) is 18.8. The van der Waals surface area contributed by atoms with Crippen LogP contribution in [0.4, 0.5) is 0 Å². The summed E-state index contributed by atoms with van der Waals surface area (Å²) in [6.07, 6.45) is 2.29. The summed E-state index contributed by atoms with van der Waals surface area (Å²) in [7, 11) is 1.81. The number of benzene rings is 1. The maximum absolute atomic E-state index is 12.6. The smallest absolute Gasteiger partial charge is 0.336 e. The molecule has 5 nitrogen and oxygen atoms in total. The van der Waals surface area contributed by atoms with Crippen LogP contribution in [0.1, 0.15) is 26.3 Å². The molecule has 25 heavy (non-hydrogen) atoms. The average molecular weight is 343 g/mol. The van der Waals surface area contributed by atoms with Crippen LogP contribution in [0, 0.1) is 5.92 Å². The van der Waals surface area contributed by atoms with Crippen LogP contribution in [-0.2, 0) is 25.5 Å². The molecule has 1 aliphatic heterocycles. The molecule has 134 valence electrons. The van der Waals surface area contributed by atoms with Gasteiger partial charge in [0.05, 0.1) is 24.4 Å². The maximum atomic E-state index is 12.6. The van der Waals surface area contributed by atoms with Crippen molar-refractivity contribution >= 4 is 11.9 Å². The van der Waals surface area contributed by atoms with E-state index in [1.54, 1.807) is 24.9 Å². The van der Waals surface area contributed by atoms with E-state index >= 15 is 0 Å². The molecule has 0 bridgehead atoms. The highest BCUT2D eigenvalue weighted by Gasteiger charge is 2.36. The van der Waals surface area contributed by atoms with Gasteiger partial charge >= 0.3 is 11.9 Å². The van der Waals surface area contributed by atoms with Crippen molar-refractivity contribution < 1.29 is 19.1 Å². The number of esters is 2. The van der Waals surface area contributed by atoms with Gasteiger partial charge in [-0.25, -0.2) is 9.59 Å². The lowest BCUT2D eigenvalue weighted by molar-refractivity contribution is -0.140. The summed E-state index contributed by atoms with van der Waals surface area (Å²) in [5.41, 5.74) is 2.81. The zero-order chi connectivity index (χ0) is 18.4. The van der Waals surface area contributed by atoms with Gasteiger partial charge < -0.3 is 14.4 Å². The molecule has 0 spiro atoms. The Morgan fingerprint density at radius 3 is 2.24 bits per heavy atom. The molecule has 0 N–H and O–H groups in total. The summed E-state index contributed by atoms with van der Waals surface area (Å²) in [5, 5.41) is 0. The minimum absolute atomic E-state index is 0.287. The number of carbonyl (C=O) groups excluding carboxylic acids is 2. The summed E-state index contributed by atoms with van der Waals surface area (Å²) in [6, 6.07) is 9.79. The minimum atomic E-state index is -0.399. The Hall–Kier alpha value is -2.56. The molecule has 0 amide bonds. The fourth-order valence-electron chi connectivity index (χ4n) is 2.96. The lowest BCUT2D eigenvalue weighted by Gasteiger charge is -2.32. The Balaban J connectivity index is 2.46. The first-order chi connectivity index (χ1) is 12.0. The number of allylic oxidation sites excluding steroid dienone is 1. The summed E-state index contributed by atoms with van der Waals surface area (Å²) >= 11 is 0. The quantitative estimate of drug-likeness (QED) is 0.743. The maximum Gasteiger partial charge on any atom is 0.336 e. The predicted molar refractivity (Wildman–Crippen MR) is 95.4 cm³/mol. The Kier molecular flexibility index (Phi) is 6.39. The standard InChI is InChI=1S/C20H25NO4/c1-5-24-19(22)17-13-21(4)14(3)18(20(23)25-6-2)16(17)12-15-10-8-7-9-11-15/h7-11,13,16H,5-6,12H2,1-4H3. The van der Waals surface area contributed by atoms with E-state index in [9.17, 15) is 9.59 Å². The molecule has 1 aliphatic rings. The van der Waals surface area contributed by atoms with Crippen LogP contribution in [0.15, 0.2) is 53.4 Å². The first-order valence-corrected chi connectivity index (χ1v) is 8.53. The topological polar surface area (TPSA) is 55.8 Å². The average Bonchev–Trinajstić information content (AvgIpc) is 2.59. The second kappa shape index (κ2) is 8.51. The van der Waals surface area contributed by atoms with Gasteiger partial charge in [-0.05, 0) is 32.8 Å². The number of nitrogens with zero attached hydrogens (tertiary/aromatic N) is 1. The molecule has 1 aromatic carbocycles. The van der Waals surface area contributed by atoms with Gasteiger partial charge in [0.2, 0.25) is 0 Å². The largest absolute Gasteiger partial charge is 0.463 e. The van der Waals surface area contributed by atoms with Crippen LogP contribution >= 0.6 is 0 Å². The molecule has 0 radical (unpaired) electrons. The number of hydrogen-bond acceptors (Lipinski definition) is 5. The molecular weight excluding hydrogens is 318 g/mol. The molecule has 5 heteroatoms. The van der Waals surface area contributed by atoms with Gasteiger partial charge in [0.1, 0.15) is 0 Å². The van der Waals surface area contributed by atoms with Gasteiger partial charge in [-0.15, -0.1) is 0 Å². The SMILES string of the molecule is CCOC(=O)C1=CN(C)C(C)=C(C(=O)OCC)C1Cc1ccccc1. The lowest BCUT2D eigenvalue weighted by Crippen LogP contribution is -2.33. The van der Waals surface area contributed by atoms with Crippen LogP contribution in [0.3, 0.4) is 0 Å². The van der Waals surface area contributed by atoms with Gasteiger partial charge in [-0.2, -0.15) is 0 Å². The van der Waals surface area contributed by atoms with Crippen LogP contribution < -0.4 is 0 Å². The van der Waals surface area contributed by atoms with Crippen molar-refractivity contribution in [2.45, 2.75) is 27.2 Å². The summed E-state index contributed by atoms with van der Waals surface area (Å²) < 4.78 is 10.5. The molecule has 2 rings (SSSR count). The molecule has 1 aromatic rings. The fraction of sp³-hybridized carbons (Fsp3) is 0.400. The molecule has 1 atom stereocenters. The molecule has 0 aliphatic carbocycles. The number of hydrogen-bond donors (Lipinski definition) is 0. The van der Waals surface area contributed by atoms with Gasteiger partial charge in [-0.1, -0.05) is 30.3 Å². The summed E-state index contributed by atoms with van der Waals surface area (Å²) in [5.74, 6) is -1.18. The van der Waals surface area contributed by atoms with E-state index in [1.165, 1.54) is 0 Å². The second-order valence-electron chi connectivity index (χ2n) is 5.88. The van der Waals surface area contributed by atoms with Crippen LogP contribution in [-0.4, -0.2) is 37.1 Å². The minimum Gasteiger partial charge on any atom is -0.463 e. The van der Waals surface area contributed by atoms with E-state index in [0.29, 0.717) is 17.6 Å². The third-order valence-corrected chi connectivity index (χ3v) is 4.26. The van der Waals surface area contributed by atoms with E-state index < -0.39 is 11.9 Å². The molecule has 1 heterocycles. The Morgan fingerprint density at radius 2 is 1.64 bits per heavy atom. The molecule has 0 aromatic heterocycles. The van der Waals surface area contributed by atoms with Crippen molar-refractivity contribution in [2.75, 3.05) is 20.3 Å². The Labute approximate surface area is 148 Å². The van der Waals surface area contributed by atoms with Crippen molar-refractivity contribution in [3.05, 3.63) is 58.9 Å². The number of rotatable bonds is 6. The molecule has 0 saturated carbocycles. The monoisotopic (exact) mass is 343 g/mol. The second-order valence-corrected chi connectivity index (χ2v) is 5.88. The summed E-state index contributed by atoms with van der Waals surface area (Å²) in [4.78, 5) is 26.9. The molecule has 0 saturated heterocycles. The summed E-state index contributed by atoms with van der Waals surface area (Å²) in [6.45, 7) is 5.98. The third kappa shape index (κ3) is 4.29. The van der Waals surface area contributed by atoms with Crippen molar-refractivity contribution in [1.82, 2.24) is 4.90 Å². The zero-order valence-corrected chi connectivity index (χ0v) is 15.2. The van der Waals surface area contributed by atoms with Gasteiger partial charge in [0.15, 0.2) is 0 Å². The van der Waals surface area contributed by atoms with E-state index in [4.69, 9.17) is 9.47 Å². The van der Waals surface area contributed by atoms with E-state index in [-0.39, 0.29) is 19.2 Å². The van der Waals surface area contributed by atoms with Crippen LogP contribution in [0.25, 0.3) is 0 Å². The van der Waals surface area contributed by atoms with Crippen molar-refractivity contribution in [2.24, 2.45) is 5.92 Å². The predicted octanol–water partition coefficient (Wildman–Crippen LogP) is 3.07. The van der Waals surface area contributed by atoms with E-state index in [2.05, 4.69) is 0 Å². The van der Waals surface area contributed by atoms with Crippen LogP contribution in [0.5, 0.6) is 0 Å². The Morgan fingerprint density at radius 1 is 1.04 bits per heavy atom. The number of ether oxygens (including phenoxy) is 2. The normalized spacial score (nSPS) is 17.2. The Bertz CT molecular complexity index is 691. The highest BCUT2D eigenvalue weighted by Crippen LogP contribution is 2.34. The van der Waals surface area contributed by atoms with Gasteiger partial charge in [0.25, 0.3) is 0 Å². The van der Waals surface area contributed by atoms with Crippen molar-refractivity contribution in [3.63, 3.8) is 0 Å². The first-order valence-electron chi connectivity index (χ1n) is 8.53. The van der Waals surface area contributed by atoms with Crippen LogP contribution in [0.2, 0.25) is 0 Å². The molecule has 1 unspecified atom stereocenters. The zero-order valence-electron chi connectivity index (χ0n) is 15.2. The highest BCUT2D eigenvalue weighted by atomic mass is 16.5. The van der Waals surface area contributed by atoms with E-state index in [0.717, 1.165) is 11.3 Å². The van der Waals surface area contributed by atoms with Crippen molar-refractivity contribution in [3.8, 4) is 0 Å². The molecule has 0 fully saturated rings. The lowest BCUT2D eigenvalue weighted by atomic mass is 9.82. The molecular formula is C20H25NO4. The third-order valence-electron chi connectivity index (χ3n) is 4.26. The van der Waals surface area contributed by atoms with Crippen molar-refractivity contribution in [1.29, 1.82) is 0 Å². The highest BCUT2D eigenvalue weighted by molar-refractivity contribution is 5.97.